The van der Waals surface area contributed by atoms with Crippen LogP contribution in [0.5, 0.6) is 0 Å². The molecule has 1 fully saturated rings. The molecule has 0 bridgehead atoms. The normalized spacial score (nSPS) is 18.3. The van der Waals surface area contributed by atoms with Crippen LogP contribution in [0.3, 0.4) is 0 Å². The maximum Gasteiger partial charge on any atom is 0.107 e. The van der Waals surface area contributed by atoms with Gasteiger partial charge in [-0.25, -0.2) is 4.98 Å². The molecule has 1 aromatic heterocycles. The summed E-state index contributed by atoms with van der Waals surface area (Å²) in [4.78, 5) is 4.56. The number of nitrogens with zero attached hydrogens (tertiary/aromatic N) is 2. The fourth-order valence-corrected chi connectivity index (χ4v) is 2.30. The van der Waals surface area contributed by atoms with Gasteiger partial charge < -0.3 is 10.3 Å². The first kappa shape index (κ1) is 8.77. The number of fused-ring (bicyclic) bond motifs is 1. The van der Waals surface area contributed by atoms with Gasteiger partial charge in [-0.3, -0.25) is 0 Å². The predicted molar refractivity (Wildman–Crippen MR) is 61.8 cm³/mol. The Kier molecular flexibility index (Phi) is 1.48. The third-order valence-corrected chi connectivity index (χ3v) is 3.36. The van der Waals surface area contributed by atoms with Crippen LogP contribution in [0, 0.1) is 6.92 Å². The zero-order valence-corrected chi connectivity index (χ0v) is 9.12. The van der Waals surface area contributed by atoms with Crippen molar-refractivity contribution in [2.75, 3.05) is 5.73 Å². The summed E-state index contributed by atoms with van der Waals surface area (Å²) in [6.07, 6.45) is 2.51. The van der Waals surface area contributed by atoms with E-state index in [9.17, 15) is 0 Å². The number of nitrogen functional groups attached to an aromatic ring is 1. The highest BCUT2D eigenvalue weighted by molar-refractivity contribution is 5.80. The van der Waals surface area contributed by atoms with E-state index in [0.717, 1.165) is 17.0 Å². The molecule has 3 heteroatoms. The number of benzene rings is 1. The number of aromatic nitrogens is 2. The Morgan fingerprint density at radius 2 is 2.13 bits per heavy atom. The van der Waals surface area contributed by atoms with Crippen molar-refractivity contribution in [3.8, 4) is 0 Å². The predicted octanol–water partition coefficient (Wildman–Crippen LogP) is 2.44. The molecule has 1 saturated carbocycles. The first-order valence-electron chi connectivity index (χ1n) is 5.35. The summed E-state index contributed by atoms with van der Waals surface area (Å²) in [5.41, 5.74) is 9.07. The fraction of sp³-hybridized carbons (Fsp3) is 0.417. The van der Waals surface area contributed by atoms with Gasteiger partial charge in [-0.15, -0.1) is 0 Å². The van der Waals surface area contributed by atoms with E-state index in [1.165, 1.54) is 18.4 Å². The molecule has 0 amide bonds. The van der Waals surface area contributed by atoms with E-state index < -0.39 is 0 Å². The Balaban J connectivity index is 2.33. The van der Waals surface area contributed by atoms with E-state index in [2.05, 4.69) is 29.5 Å². The van der Waals surface area contributed by atoms with E-state index in [4.69, 9.17) is 5.73 Å². The van der Waals surface area contributed by atoms with Crippen molar-refractivity contribution in [2.45, 2.75) is 32.2 Å². The molecule has 0 aliphatic heterocycles. The largest absolute Gasteiger partial charge is 0.399 e. The van der Waals surface area contributed by atoms with Crippen molar-refractivity contribution < 1.29 is 0 Å². The van der Waals surface area contributed by atoms with Crippen LogP contribution < -0.4 is 5.73 Å². The molecule has 15 heavy (non-hydrogen) atoms. The summed E-state index contributed by atoms with van der Waals surface area (Å²) in [5.74, 6) is 1.09. The lowest BCUT2D eigenvalue weighted by Gasteiger charge is -2.14. The van der Waals surface area contributed by atoms with E-state index in [-0.39, 0.29) is 0 Å². The van der Waals surface area contributed by atoms with Crippen LogP contribution in [0.1, 0.15) is 25.6 Å². The highest BCUT2D eigenvalue weighted by Gasteiger charge is 2.41. The van der Waals surface area contributed by atoms with Crippen molar-refractivity contribution >= 4 is 16.7 Å². The molecule has 1 aliphatic carbocycles. The summed E-state index contributed by atoms with van der Waals surface area (Å²) < 4.78 is 2.35. The SMILES string of the molecule is Cc1nc2cc(N)ccc2n1C1(C)CC1. The molecule has 1 aromatic carbocycles. The topological polar surface area (TPSA) is 43.8 Å². The number of nitrogens with two attached hydrogens (primary N) is 1. The Labute approximate surface area is 88.9 Å². The lowest BCUT2D eigenvalue weighted by Crippen LogP contribution is -2.13. The zero-order chi connectivity index (χ0) is 10.6. The molecule has 2 aromatic rings. The molecule has 0 saturated heterocycles. The van der Waals surface area contributed by atoms with Crippen LogP contribution in [0.25, 0.3) is 11.0 Å². The molecule has 3 rings (SSSR count). The Bertz CT molecular complexity index is 535. The quantitative estimate of drug-likeness (QED) is 0.720. The smallest absolute Gasteiger partial charge is 0.107 e. The molecule has 0 unspecified atom stereocenters. The fourth-order valence-electron chi connectivity index (χ4n) is 2.30. The molecule has 1 heterocycles. The van der Waals surface area contributed by atoms with Crippen LogP contribution in [-0.2, 0) is 5.54 Å². The molecule has 3 nitrogen and oxygen atoms in total. The van der Waals surface area contributed by atoms with Gasteiger partial charge in [-0.2, -0.15) is 0 Å². The lowest BCUT2D eigenvalue weighted by molar-refractivity contribution is 0.533. The van der Waals surface area contributed by atoms with Gasteiger partial charge >= 0.3 is 0 Å². The molecular formula is C12H15N3. The van der Waals surface area contributed by atoms with Gasteiger partial charge in [-0.1, -0.05) is 0 Å². The van der Waals surface area contributed by atoms with E-state index >= 15 is 0 Å². The standard InChI is InChI=1S/C12H15N3/c1-8-14-10-7-9(13)3-4-11(10)15(8)12(2)5-6-12/h3-4,7H,5-6,13H2,1-2H3. The van der Waals surface area contributed by atoms with Gasteiger partial charge in [0.25, 0.3) is 0 Å². The molecule has 78 valence electrons. The second kappa shape index (κ2) is 2.54. The van der Waals surface area contributed by atoms with Crippen LogP contribution in [0.15, 0.2) is 18.2 Å². The Hall–Kier alpha value is -1.51. The molecule has 0 atom stereocenters. The highest BCUT2D eigenvalue weighted by atomic mass is 15.2. The second-order valence-electron chi connectivity index (χ2n) is 4.74. The summed E-state index contributed by atoms with van der Waals surface area (Å²) in [7, 11) is 0. The molecule has 1 aliphatic rings. The van der Waals surface area contributed by atoms with Crippen LogP contribution in [-0.4, -0.2) is 9.55 Å². The van der Waals surface area contributed by atoms with E-state index in [1.54, 1.807) is 0 Å². The first-order valence-corrected chi connectivity index (χ1v) is 5.35. The van der Waals surface area contributed by atoms with E-state index in [0.29, 0.717) is 5.54 Å². The van der Waals surface area contributed by atoms with Crippen LogP contribution in [0.4, 0.5) is 5.69 Å². The van der Waals surface area contributed by atoms with Gasteiger partial charge in [0.05, 0.1) is 11.0 Å². The summed E-state index contributed by atoms with van der Waals surface area (Å²) in [5, 5.41) is 0. The van der Waals surface area contributed by atoms with Crippen LogP contribution >= 0.6 is 0 Å². The minimum absolute atomic E-state index is 0.301. The van der Waals surface area contributed by atoms with Crippen molar-refractivity contribution in [3.05, 3.63) is 24.0 Å². The number of aryl methyl sites for hydroxylation is 1. The summed E-state index contributed by atoms with van der Waals surface area (Å²) >= 11 is 0. The van der Waals surface area contributed by atoms with Gasteiger partial charge in [0.2, 0.25) is 0 Å². The number of hydrogen-bond acceptors (Lipinski definition) is 2. The van der Waals surface area contributed by atoms with Gasteiger partial charge in [0.1, 0.15) is 5.82 Å². The monoisotopic (exact) mass is 201 g/mol. The van der Waals surface area contributed by atoms with Crippen molar-refractivity contribution in [1.82, 2.24) is 9.55 Å². The number of rotatable bonds is 1. The minimum atomic E-state index is 0.301. The van der Waals surface area contributed by atoms with E-state index in [1.807, 2.05) is 12.1 Å². The minimum Gasteiger partial charge on any atom is -0.399 e. The molecular weight excluding hydrogens is 186 g/mol. The summed E-state index contributed by atoms with van der Waals surface area (Å²) in [6.45, 7) is 4.36. The van der Waals surface area contributed by atoms with Crippen molar-refractivity contribution in [3.63, 3.8) is 0 Å². The highest BCUT2D eigenvalue weighted by Crippen LogP contribution is 2.45. The first-order chi connectivity index (χ1) is 7.10. The average molecular weight is 201 g/mol. The Morgan fingerprint density at radius 1 is 1.40 bits per heavy atom. The van der Waals surface area contributed by atoms with Crippen molar-refractivity contribution in [1.29, 1.82) is 0 Å². The average Bonchev–Trinajstić information content (AvgIpc) is 2.79. The number of imidazole rings is 1. The van der Waals surface area contributed by atoms with Gasteiger partial charge in [0.15, 0.2) is 0 Å². The zero-order valence-electron chi connectivity index (χ0n) is 9.12. The van der Waals surface area contributed by atoms with Crippen LogP contribution in [0.2, 0.25) is 0 Å². The summed E-state index contributed by atoms with van der Waals surface area (Å²) in [6, 6.07) is 5.98. The second-order valence-corrected chi connectivity index (χ2v) is 4.74. The van der Waals surface area contributed by atoms with Gasteiger partial charge in [-0.05, 0) is 44.9 Å². The molecule has 2 N–H and O–H groups in total. The third-order valence-electron chi connectivity index (χ3n) is 3.36. The Morgan fingerprint density at radius 3 is 2.80 bits per heavy atom. The van der Waals surface area contributed by atoms with Crippen molar-refractivity contribution in [2.24, 2.45) is 0 Å². The van der Waals surface area contributed by atoms with Gasteiger partial charge in [0, 0.05) is 11.2 Å². The number of anilines is 1. The maximum absolute atomic E-state index is 5.76. The maximum atomic E-state index is 5.76. The number of hydrogen-bond donors (Lipinski definition) is 1. The third kappa shape index (κ3) is 1.16. The lowest BCUT2D eigenvalue weighted by atomic mass is 10.2. The molecule has 0 radical (unpaired) electrons. The molecule has 0 spiro atoms.